The summed E-state index contributed by atoms with van der Waals surface area (Å²) in [4.78, 5) is 19.3. The van der Waals surface area contributed by atoms with Gasteiger partial charge in [-0.05, 0) is 12.8 Å². The van der Waals surface area contributed by atoms with Gasteiger partial charge in [0.2, 0.25) is 5.91 Å². The van der Waals surface area contributed by atoms with Gasteiger partial charge in [0.05, 0.1) is 24.8 Å². The summed E-state index contributed by atoms with van der Waals surface area (Å²) in [5.41, 5.74) is 0.209. The lowest BCUT2D eigenvalue weighted by Crippen LogP contribution is -2.81. The van der Waals surface area contributed by atoms with E-state index >= 15 is 0 Å². The smallest absolute Gasteiger partial charge is 0.219 e. The fraction of sp³-hybridized carbons (Fsp3) is 0.938. The summed E-state index contributed by atoms with van der Waals surface area (Å²) in [6.45, 7) is 8.45. The first-order valence-corrected chi connectivity index (χ1v) is 8.52. The molecule has 1 unspecified atom stereocenters. The lowest BCUT2D eigenvalue weighted by Gasteiger charge is -2.64. The van der Waals surface area contributed by atoms with Crippen molar-refractivity contribution in [2.75, 3.05) is 45.9 Å². The summed E-state index contributed by atoms with van der Waals surface area (Å²) in [7, 11) is 0. The number of rotatable bonds is 1. The van der Waals surface area contributed by atoms with E-state index in [1.807, 2.05) is 0 Å². The number of hydrogen-bond acceptors (Lipinski definition) is 4. The van der Waals surface area contributed by atoms with Crippen molar-refractivity contribution >= 4 is 5.91 Å². The van der Waals surface area contributed by atoms with Crippen LogP contribution in [-0.2, 0) is 9.53 Å². The number of amides is 1. The van der Waals surface area contributed by atoms with E-state index in [1.165, 1.54) is 25.7 Å². The first-order valence-electron chi connectivity index (χ1n) is 8.52. The molecular formula is C16H27N3O2. The highest BCUT2D eigenvalue weighted by Crippen LogP contribution is 2.39. The molecule has 5 heteroatoms. The second-order valence-electron chi connectivity index (χ2n) is 7.39. The Labute approximate surface area is 127 Å². The third-order valence-corrected chi connectivity index (χ3v) is 6.03. The molecule has 0 N–H and O–H groups in total. The SMILES string of the molecule is CC(=O)N1CC2COCCN2C2(C1)CN(C1CCCC1)C2. The number of hydrogen-bond donors (Lipinski definition) is 0. The van der Waals surface area contributed by atoms with E-state index in [4.69, 9.17) is 4.74 Å². The third-order valence-electron chi connectivity index (χ3n) is 6.03. The van der Waals surface area contributed by atoms with Crippen LogP contribution in [0.3, 0.4) is 0 Å². The predicted octanol–water partition coefficient (Wildman–Crippen LogP) is 0.546. The fourth-order valence-electron chi connectivity index (χ4n) is 4.95. The van der Waals surface area contributed by atoms with Gasteiger partial charge < -0.3 is 9.64 Å². The Kier molecular flexibility index (Phi) is 3.47. The zero-order chi connectivity index (χ0) is 14.4. The number of likely N-dealkylation sites (tertiary alicyclic amines) is 1. The highest BCUT2D eigenvalue weighted by molar-refractivity contribution is 5.73. The summed E-state index contributed by atoms with van der Waals surface area (Å²) in [6, 6.07) is 1.21. The van der Waals surface area contributed by atoms with Crippen molar-refractivity contribution in [3.63, 3.8) is 0 Å². The number of carbonyl (C=O) groups is 1. The summed E-state index contributed by atoms with van der Waals surface area (Å²) in [6.07, 6.45) is 5.54. The van der Waals surface area contributed by atoms with Crippen LogP contribution in [0, 0.1) is 0 Å². The Hall–Kier alpha value is -0.650. The average molecular weight is 293 g/mol. The Morgan fingerprint density at radius 2 is 1.90 bits per heavy atom. The number of fused-ring (bicyclic) bond motifs is 2. The maximum Gasteiger partial charge on any atom is 0.219 e. The number of piperazine rings is 1. The van der Waals surface area contributed by atoms with Gasteiger partial charge in [0.1, 0.15) is 0 Å². The summed E-state index contributed by atoms with van der Waals surface area (Å²) >= 11 is 0. The molecule has 0 aromatic heterocycles. The van der Waals surface area contributed by atoms with Crippen LogP contribution in [0.15, 0.2) is 0 Å². The lowest BCUT2D eigenvalue weighted by molar-refractivity contribution is -0.178. The molecule has 4 aliphatic rings. The maximum atomic E-state index is 11.9. The van der Waals surface area contributed by atoms with E-state index in [0.29, 0.717) is 6.04 Å². The van der Waals surface area contributed by atoms with Crippen LogP contribution < -0.4 is 0 Å². The minimum Gasteiger partial charge on any atom is -0.378 e. The quantitative estimate of drug-likeness (QED) is 0.707. The first kappa shape index (κ1) is 14.0. The molecule has 3 heterocycles. The van der Waals surface area contributed by atoms with Crippen molar-refractivity contribution in [2.24, 2.45) is 0 Å². The molecule has 3 aliphatic heterocycles. The summed E-state index contributed by atoms with van der Waals surface area (Å²) in [5.74, 6) is 0.221. The van der Waals surface area contributed by atoms with Crippen LogP contribution >= 0.6 is 0 Å². The first-order chi connectivity index (χ1) is 10.2. The van der Waals surface area contributed by atoms with Gasteiger partial charge in [-0.1, -0.05) is 12.8 Å². The summed E-state index contributed by atoms with van der Waals surface area (Å²) < 4.78 is 5.66. The van der Waals surface area contributed by atoms with Gasteiger partial charge in [0.15, 0.2) is 0 Å². The largest absolute Gasteiger partial charge is 0.378 e. The zero-order valence-electron chi connectivity index (χ0n) is 13.1. The molecule has 0 aromatic carbocycles. The average Bonchev–Trinajstić information content (AvgIpc) is 2.97. The molecule has 0 aromatic rings. The van der Waals surface area contributed by atoms with E-state index in [1.54, 1.807) is 6.92 Å². The maximum absolute atomic E-state index is 11.9. The number of ether oxygens (including phenoxy) is 1. The van der Waals surface area contributed by atoms with Gasteiger partial charge in [0, 0.05) is 45.7 Å². The Balaban J connectivity index is 1.50. The fourth-order valence-corrected chi connectivity index (χ4v) is 4.95. The minimum absolute atomic E-state index is 0.209. The van der Waals surface area contributed by atoms with Crippen molar-refractivity contribution in [2.45, 2.75) is 50.2 Å². The molecule has 0 bridgehead atoms. The molecule has 21 heavy (non-hydrogen) atoms. The highest BCUT2D eigenvalue weighted by Gasteiger charge is 2.55. The number of nitrogens with zero attached hydrogens (tertiary/aromatic N) is 3. The minimum atomic E-state index is 0.209. The number of morpholine rings is 1. The Bertz CT molecular complexity index is 416. The van der Waals surface area contributed by atoms with Crippen molar-refractivity contribution in [1.82, 2.24) is 14.7 Å². The van der Waals surface area contributed by atoms with Gasteiger partial charge in [-0.3, -0.25) is 14.6 Å². The molecular weight excluding hydrogens is 266 g/mol. The topological polar surface area (TPSA) is 36.0 Å². The van der Waals surface area contributed by atoms with Gasteiger partial charge in [-0.25, -0.2) is 0 Å². The molecule has 4 fully saturated rings. The van der Waals surface area contributed by atoms with E-state index in [-0.39, 0.29) is 11.4 Å². The molecule has 118 valence electrons. The number of carbonyl (C=O) groups excluding carboxylic acids is 1. The van der Waals surface area contributed by atoms with Crippen LogP contribution in [0.25, 0.3) is 0 Å². The molecule has 1 atom stereocenters. The standard InChI is InChI=1S/C16H27N3O2/c1-13(20)17-8-15-9-21-7-6-19(15)16(10-17)11-18(12-16)14-4-2-3-5-14/h14-15H,2-12H2,1H3. The summed E-state index contributed by atoms with van der Waals surface area (Å²) in [5, 5.41) is 0. The molecule has 1 spiro atoms. The van der Waals surface area contributed by atoms with Crippen LogP contribution in [0.4, 0.5) is 0 Å². The second-order valence-corrected chi connectivity index (χ2v) is 7.39. The van der Waals surface area contributed by atoms with Crippen molar-refractivity contribution < 1.29 is 9.53 Å². The van der Waals surface area contributed by atoms with E-state index in [2.05, 4.69) is 14.7 Å². The van der Waals surface area contributed by atoms with Crippen LogP contribution in [0.1, 0.15) is 32.6 Å². The normalized spacial score (nSPS) is 34.0. The highest BCUT2D eigenvalue weighted by atomic mass is 16.5. The van der Waals surface area contributed by atoms with E-state index in [9.17, 15) is 4.79 Å². The lowest BCUT2D eigenvalue weighted by atomic mass is 9.81. The second kappa shape index (κ2) is 5.21. The van der Waals surface area contributed by atoms with Gasteiger partial charge >= 0.3 is 0 Å². The van der Waals surface area contributed by atoms with Crippen LogP contribution in [-0.4, -0.2) is 84.2 Å². The predicted molar refractivity (Wildman–Crippen MR) is 80.1 cm³/mol. The van der Waals surface area contributed by atoms with Gasteiger partial charge in [-0.15, -0.1) is 0 Å². The van der Waals surface area contributed by atoms with Crippen LogP contribution in [0.2, 0.25) is 0 Å². The molecule has 3 saturated heterocycles. The van der Waals surface area contributed by atoms with Gasteiger partial charge in [0.25, 0.3) is 0 Å². The van der Waals surface area contributed by atoms with Gasteiger partial charge in [-0.2, -0.15) is 0 Å². The molecule has 1 amide bonds. The van der Waals surface area contributed by atoms with Crippen LogP contribution in [0.5, 0.6) is 0 Å². The van der Waals surface area contributed by atoms with E-state index < -0.39 is 0 Å². The molecule has 0 radical (unpaired) electrons. The Morgan fingerprint density at radius 3 is 2.62 bits per heavy atom. The van der Waals surface area contributed by atoms with Crippen molar-refractivity contribution in [3.8, 4) is 0 Å². The zero-order valence-corrected chi connectivity index (χ0v) is 13.1. The van der Waals surface area contributed by atoms with Crippen molar-refractivity contribution in [3.05, 3.63) is 0 Å². The molecule has 1 aliphatic carbocycles. The Morgan fingerprint density at radius 1 is 1.14 bits per heavy atom. The molecule has 5 nitrogen and oxygen atoms in total. The molecule has 4 rings (SSSR count). The van der Waals surface area contributed by atoms with E-state index in [0.717, 1.165) is 52.0 Å². The molecule has 1 saturated carbocycles. The van der Waals surface area contributed by atoms with Crippen molar-refractivity contribution in [1.29, 1.82) is 0 Å². The third kappa shape index (κ3) is 2.30. The monoisotopic (exact) mass is 293 g/mol.